The van der Waals surface area contributed by atoms with Crippen molar-refractivity contribution in [3.63, 3.8) is 0 Å². The molecule has 1 N–H and O–H groups in total. The lowest BCUT2D eigenvalue weighted by atomic mass is 10.1. The van der Waals surface area contributed by atoms with Gasteiger partial charge in [-0.2, -0.15) is 0 Å². The molecule has 17 heavy (non-hydrogen) atoms. The van der Waals surface area contributed by atoms with Crippen molar-refractivity contribution in [3.8, 4) is 5.75 Å². The summed E-state index contributed by atoms with van der Waals surface area (Å²) >= 11 is 0. The Morgan fingerprint density at radius 1 is 1.18 bits per heavy atom. The summed E-state index contributed by atoms with van der Waals surface area (Å²) in [5.74, 6) is 0.0667. The normalized spacial score (nSPS) is 10.6. The van der Waals surface area contributed by atoms with E-state index in [0.29, 0.717) is 5.56 Å². The number of rotatable bonds is 3. The van der Waals surface area contributed by atoms with Crippen molar-refractivity contribution >= 4 is 11.9 Å². The van der Waals surface area contributed by atoms with Crippen molar-refractivity contribution < 1.29 is 9.90 Å². The highest BCUT2D eigenvalue weighted by Crippen LogP contribution is 2.11. The summed E-state index contributed by atoms with van der Waals surface area (Å²) in [6.45, 7) is 0. The maximum Gasteiger partial charge on any atom is 0.185 e. The molecule has 2 heteroatoms. The quantitative estimate of drug-likeness (QED) is 0.641. The molecule has 2 nitrogen and oxygen atoms in total. The molecule has 2 aromatic carbocycles. The van der Waals surface area contributed by atoms with Gasteiger partial charge in [-0.25, -0.2) is 0 Å². The van der Waals surface area contributed by atoms with E-state index in [1.165, 1.54) is 18.2 Å². The molecule has 0 fully saturated rings. The molecule has 0 unspecified atom stereocenters. The first-order chi connectivity index (χ1) is 8.25. The highest BCUT2D eigenvalue weighted by atomic mass is 16.3. The Balaban J connectivity index is 2.12. The van der Waals surface area contributed by atoms with Gasteiger partial charge < -0.3 is 5.11 Å². The number of carbonyl (C=O) groups excluding carboxylic acids is 1. The van der Waals surface area contributed by atoms with E-state index in [2.05, 4.69) is 6.07 Å². The van der Waals surface area contributed by atoms with Gasteiger partial charge in [-0.3, -0.25) is 4.79 Å². The summed E-state index contributed by atoms with van der Waals surface area (Å²) in [6.07, 6.45) is 3.25. The van der Waals surface area contributed by atoms with Gasteiger partial charge in [0.2, 0.25) is 0 Å². The lowest BCUT2D eigenvalue weighted by Crippen LogP contribution is -1.92. The molecule has 0 spiro atoms. The Morgan fingerprint density at radius 3 is 2.59 bits per heavy atom. The summed E-state index contributed by atoms with van der Waals surface area (Å²) in [5, 5.41) is 9.11. The molecule has 2 rings (SSSR count). The number of hydrogen-bond acceptors (Lipinski definition) is 2. The number of benzene rings is 2. The van der Waals surface area contributed by atoms with Crippen LogP contribution >= 0.6 is 0 Å². The average Bonchev–Trinajstić information content (AvgIpc) is 2.38. The summed E-state index contributed by atoms with van der Waals surface area (Å²) in [7, 11) is 0. The van der Waals surface area contributed by atoms with Gasteiger partial charge in [0.05, 0.1) is 0 Å². The minimum Gasteiger partial charge on any atom is -0.508 e. The second-order valence-corrected chi connectivity index (χ2v) is 3.58. The van der Waals surface area contributed by atoms with Crippen LogP contribution in [0.1, 0.15) is 15.9 Å². The van der Waals surface area contributed by atoms with Gasteiger partial charge in [0.15, 0.2) is 5.78 Å². The lowest BCUT2D eigenvalue weighted by molar-refractivity contribution is 0.104. The van der Waals surface area contributed by atoms with Crippen LogP contribution in [0.25, 0.3) is 6.08 Å². The number of phenols is 1. The zero-order valence-electron chi connectivity index (χ0n) is 9.13. The first kappa shape index (κ1) is 11.1. The summed E-state index contributed by atoms with van der Waals surface area (Å²) < 4.78 is 0. The van der Waals surface area contributed by atoms with Crippen LogP contribution < -0.4 is 0 Å². The molecule has 0 amide bonds. The maximum absolute atomic E-state index is 11.8. The van der Waals surface area contributed by atoms with Crippen LogP contribution in [-0.4, -0.2) is 10.9 Å². The fourth-order valence-electron chi connectivity index (χ4n) is 1.40. The Hall–Kier alpha value is -2.35. The van der Waals surface area contributed by atoms with Crippen molar-refractivity contribution in [1.29, 1.82) is 0 Å². The molecule has 0 aliphatic heterocycles. The fourth-order valence-corrected chi connectivity index (χ4v) is 1.40. The third-order valence-electron chi connectivity index (χ3n) is 2.31. The fraction of sp³-hybridized carbons (Fsp3) is 0. The van der Waals surface area contributed by atoms with E-state index < -0.39 is 0 Å². The lowest BCUT2D eigenvalue weighted by Gasteiger charge is -1.96. The predicted molar refractivity (Wildman–Crippen MR) is 66.7 cm³/mol. The summed E-state index contributed by atoms with van der Waals surface area (Å²) in [6, 6.07) is 16.5. The Morgan fingerprint density at radius 2 is 1.94 bits per heavy atom. The number of phenolic OH excluding ortho intramolecular Hbond substituents is 1. The van der Waals surface area contributed by atoms with Crippen LogP contribution in [0.15, 0.2) is 54.6 Å². The van der Waals surface area contributed by atoms with Gasteiger partial charge in [-0.15, -0.1) is 0 Å². The summed E-state index contributed by atoms with van der Waals surface area (Å²) in [4.78, 5) is 11.8. The SMILES string of the molecule is O=C(/C=C/c1c[c]ccc1)c1ccc(O)cc1. The molecule has 0 aliphatic carbocycles. The number of aromatic hydroxyl groups is 1. The van der Waals surface area contributed by atoms with Gasteiger partial charge in [-0.05, 0) is 48.0 Å². The minimum atomic E-state index is -0.0890. The smallest absolute Gasteiger partial charge is 0.185 e. The van der Waals surface area contributed by atoms with Crippen molar-refractivity contribution in [1.82, 2.24) is 0 Å². The van der Waals surface area contributed by atoms with Crippen molar-refractivity contribution in [3.05, 3.63) is 71.8 Å². The van der Waals surface area contributed by atoms with Gasteiger partial charge in [0, 0.05) is 5.56 Å². The Kier molecular flexibility index (Phi) is 3.36. The van der Waals surface area contributed by atoms with Crippen LogP contribution in [-0.2, 0) is 0 Å². The molecule has 0 atom stereocenters. The van der Waals surface area contributed by atoms with E-state index in [-0.39, 0.29) is 11.5 Å². The second-order valence-electron chi connectivity index (χ2n) is 3.58. The molecule has 0 saturated heterocycles. The van der Waals surface area contributed by atoms with E-state index in [9.17, 15) is 4.79 Å². The zero-order valence-corrected chi connectivity index (χ0v) is 9.13. The van der Waals surface area contributed by atoms with E-state index in [4.69, 9.17) is 5.11 Å². The molecule has 2 aromatic rings. The van der Waals surface area contributed by atoms with E-state index in [1.807, 2.05) is 12.1 Å². The Bertz CT molecular complexity index is 525. The van der Waals surface area contributed by atoms with Gasteiger partial charge in [0.25, 0.3) is 0 Å². The topological polar surface area (TPSA) is 37.3 Å². The highest BCUT2D eigenvalue weighted by molar-refractivity contribution is 6.06. The molecule has 1 radical (unpaired) electrons. The molecule has 0 bridgehead atoms. The van der Waals surface area contributed by atoms with E-state index in [0.717, 1.165) is 5.56 Å². The number of ketones is 1. The molecule has 0 aromatic heterocycles. The first-order valence-electron chi connectivity index (χ1n) is 5.23. The van der Waals surface area contributed by atoms with Crippen molar-refractivity contribution in [2.24, 2.45) is 0 Å². The molecular formula is C15H11O2. The zero-order chi connectivity index (χ0) is 12.1. The van der Waals surface area contributed by atoms with Crippen molar-refractivity contribution in [2.45, 2.75) is 0 Å². The number of carbonyl (C=O) groups is 1. The predicted octanol–water partition coefficient (Wildman–Crippen LogP) is 3.09. The third kappa shape index (κ3) is 3.05. The maximum atomic E-state index is 11.8. The first-order valence-corrected chi connectivity index (χ1v) is 5.23. The van der Waals surface area contributed by atoms with E-state index >= 15 is 0 Å². The molecule has 0 aliphatic rings. The largest absolute Gasteiger partial charge is 0.508 e. The van der Waals surface area contributed by atoms with E-state index in [1.54, 1.807) is 30.3 Å². The third-order valence-corrected chi connectivity index (χ3v) is 2.31. The molecule has 83 valence electrons. The van der Waals surface area contributed by atoms with Crippen molar-refractivity contribution in [2.75, 3.05) is 0 Å². The van der Waals surface area contributed by atoms with Crippen LogP contribution in [0.3, 0.4) is 0 Å². The average molecular weight is 223 g/mol. The highest BCUT2D eigenvalue weighted by Gasteiger charge is 2.00. The van der Waals surface area contributed by atoms with Crippen LogP contribution in [0.5, 0.6) is 5.75 Å². The second kappa shape index (κ2) is 5.12. The number of hydrogen-bond donors (Lipinski definition) is 1. The van der Waals surface area contributed by atoms with Crippen LogP contribution in [0.2, 0.25) is 0 Å². The van der Waals surface area contributed by atoms with Gasteiger partial charge in [0.1, 0.15) is 5.75 Å². The molecule has 0 saturated carbocycles. The molecular weight excluding hydrogens is 212 g/mol. The van der Waals surface area contributed by atoms with Gasteiger partial charge in [-0.1, -0.05) is 24.3 Å². The Labute approximate surface area is 99.8 Å². The monoisotopic (exact) mass is 223 g/mol. The number of allylic oxidation sites excluding steroid dienone is 1. The van der Waals surface area contributed by atoms with Gasteiger partial charge >= 0.3 is 0 Å². The standard InChI is InChI=1S/C15H11O2/c16-14-9-7-13(8-10-14)15(17)11-6-12-4-2-1-3-5-12/h1-2,4-11,16H/b11-6+. The summed E-state index contributed by atoms with van der Waals surface area (Å²) in [5.41, 5.74) is 1.48. The van der Waals surface area contributed by atoms with Crippen LogP contribution in [0, 0.1) is 6.07 Å². The molecule has 0 heterocycles. The van der Waals surface area contributed by atoms with Crippen LogP contribution in [0.4, 0.5) is 0 Å². The minimum absolute atomic E-state index is 0.0890.